The van der Waals surface area contributed by atoms with Crippen LogP contribution in [0.1, 0.15) is 23.9 Å². The van der Waals surface area contributed by atoms with E-state index in [4.69, 9.17) is 9.47 Å². The topological polar surface area (TPSA) is 60.8 Å². The highest BCUT2D eigenvalue weighted by molar-refractivity contribution is 9.10. The van der Waals surface area contributed by atoms with Crippen molar-refractivity contribution in [2.24, 2.45) is 0 Å². The molecule has 7 heteroatoms. The molecular formula is C27H25BrN2O4. The Morgan fingerprint density at radius 1 is 0.971 bits per heavy atom. The first-order chi connectivity index (χ1) is 16.3. The molecule has 1 aromatic heterocycles. The summed E-state index contributed by atoms with van der Waals surface area (Å²) in [6.45, 7) is 5.75. The van der Waals surface area contributed by atoms with E-state index in [2.05, 4.69) is 20.5 Å². The number of aromatic nitrogens is 1. The van der Waals surface area contributed by atoms with Crippen LogP contribution in [0.15, 0.2) is 75.9 Å². The van der Waals surface area contributed by atoms with Gasteiger partial charge >= 0.3 is 5.97 Å². The summed E-state index contributed by atoms with van der Waals surface area (Å²) >= 11 is 3.46. The Bertz CT molecular complexity index is 1350. The summed E-state index contributed by atoms with van der Waals surface area (Å²) in [6.07, 6.45) is 1.78. The smallest absolute Gasteiger partial charge is 0.340 e. The molecule has 0 fully saturated rings. The molecule has 0 saturated carbocycles. The third-order valence-corrected chi connectivity index (χ3v) is 6.45. The monoisotopic (exact) mass is 520 g/mol. The standard InChI is InChI=1S/C27H25BrN2O4/c1-16-13-19(17(2)29(16)21-9-11-23(33-4)12-10-21)14-24-25(27(32)34-5)18(3)30(26(24)31)22-8-6-7-20(28)15-22/h6-15H,1-5H3/b24-14-. The highest BCUT2D eigenvalue weighted by Crippen LogP contribution is 2.37. The second-order valence-electron chi connectivity index (χ2n) is 7.99. The second kappa shape index (κ2) is 9.35. The van der Waals surface area contributed by atoms with Gasteiger partial charge in [0.1, 0.15) is 5.75 Å². The van der Waals surface area contributed by atoms with Gasteiger partial charge in [-0.3, -0.25) is 9.69 Å². The Hall–Kier alpha value is -3.58. The van der Waals surface area contributed by atoms with Crippen molar-refractivity contribution in [1.82, 2.24) is 4.57 Å². The minimum Gasteiger partial charge on any atom is -0.497 e. The average molecular weight is 521 g/mol. The number of methoxy groups -OCH3 is 2. The van der Waals surface area contributed by atoms with E-state index in [1.165, 1.54) is 7.11 Å². The lowest BCUT2D eigenvalue weighted by Gasteiger charge is -2.18. The van der Waals surface area contributed by atoms with Crippen LogP contribution in [0.5, 0.6) is 5.75 Å². The fourth-order valence-corrected chi connectivity index (χ4v) is 4.71. The largest absolute Gasteiger partial charge is 0.497 e. The molecule has 0 saturated heterocycles. The highest BCUT2D eigenvalue weighted by Gasteiger charge is 2.38. The third kappa shape index (κ3) is 4.07. The number of halogens is 1. The Morgan fingerprint density at radius 3 is 2.29 bits per heavy atom. The maximum atomic E-state index is 13.6. The summed E-state index contributed by atoms with van der Waals surface area (Å²) in [5, 5.41) is 0. The summed E-state index contributed by atoms with van der Waals surface area (Å²) in [5.74, 6) is -0.0371. The number of nitrogens with zero attached hydrogens (tertiary/aromatic N) is 2. The number of anilines is 1. The van der Waals surface area contributed by atoms with Crippen LogP contribution in [-0.2, 0) is 14.3 Å². The number of carbonyl (C=O) groups is 2. The molecule has 2 aromatic carbocycles. The van der Waals surface area contributed by atoms with Gasteiger partial charge in [-0.15, -0.1) is 0 Å². The minimum atomic E-state index is -0.543. The molecule has 0 unspecified atom stereocenters. The molecule has 4 rings (SSSR count). The average Bonchev–Trinajstić information content (AvgIpc) is 3.24. The van der Waals surface area contributed by atoms with E-state index in [9.17, 15) is 9.59 Å². The van der Waals surface area contributed by atoms with Gasteiger partial charge in [0.2, 0.25) is 0 Å². The van der Waals surface area contributed by atoms with Gasteiger partial charge in [-0.1, -0.05) is 22.0 Å². The molecule has 174 valence electrons. The van der Waals surface area contributed by atoms with Gasteiger partial charge in [0.15, 0.2) is 0 Å². The highest BCUT2D eigenvalue weighted by atomic mass is 79.9. The summed E-state index contributed by atoms with van der Waals surface area (Å²) < 4.78 is 13.2. The molecule has 0 spiro atoms. The second-order valence-corrected chi connectivity index (χ2v) is 8.91. The zero-order chi connectivity index (χ0) is 24.6. The van der Waals surface area contributed by atoms with Gasteiger partial charge in [-0.2, -0.15) is 0 Å². The van der Waals surface area contributed by atoms with Gasteiger partial charge in [0, 0.05) is 27.2 Å². The fraction of sp³-hybridized carbons (Fsp3) is 0.185. The first-order valence-electron chi connectivity index (χ1n) is 10.7. The Labute approximate surface area is 207 Å². The van der Waals surface area contributed by atoms with Gasteiger partial charge in [-0.05, 0) is 80.9 Å². The number of carbonyl (C=O) groups excluding carboxylic acids is 2. The van der Waals surface area contributed by atoms with Crippen LogP contribution >= 0.6 is 15.9 Å². The Kier molecular flexibility index (Phi) is 6.48. The lowest BCUT2D eigenvalue weighted by Crippen LogP contribution is -2.24. The van der Waals surface area contributed by atoms with Crippen molar-refractivity contribution in [3.63, 3.8) is 0 Å². The first kappa shape index (κ1) is 23.6. The van der Waals surface area contributed by atoms with Crippen molar-refractivity contribution < 1.29 is 19.1 Å². The van der Waals surface area contributed by atoms with Crippen LogP contribution in [0.25, 0.3) is 11.8 Å². The molecule has 0 radical (unpaired) electrons. The Balaban J connectivity index is 1.83. The molecule has 2 heterocycles. The number of aryl methyl sites for hydroxylation is 1. The lowest BCUT2D eigenvalue weighted by molar-refractivity contribution is -0.136. The molecule has 0 bridgehead atoms. The van der Waals surface area contributed by atoms with Crippen LogP contribution < -0.4 is 9.64 Å². The van der Waals surface area contributed by atoms with Crippen molar-refractivity contribution in [2.45, 2.75) is 20.8 Å². The quantitative estimate of drug-likeness (QED) is 0.317. The number of hydrogen-bond acceptors (Lipinski definition) is 4. The summed E-state index contributed by atoms with van der Waals surface area (Å²) in [6, 6.07) is 17.2. The summed E-state index contributed by atoms with van der Waals surface area (Å²) in [5.41, 5.74) is 5.56. The normalized spacial score (nSPS) is 14.8. The number of esters is 1. The van der Waals surface area contributed by atoms with Crippen LogP contribution in [0, 0.1) is 13.8 Å². The van der Waals surface area contributed by atoms with Gasteiger partial charge in [-0.25, -0.2) is 4.79 Å². The first-order valence-corrected chi connectivity index (χ1v) is 11.5. The van der Waals surface area contributed by atoms with Gasteiger partial charge in [0.05, 0.1) is 31.1 Å². The summed E-state index contributed by atoms with van der Waals surface area (Å²) in [4.78, 5) is 27.9. The third-order valence-electron chi connectivity index (χ3n) is 5.96. The van der Waals surface area contributed by atoms with Crippen molar-refractivity contribution in [3.05, 3.63) is 92.9 Å². The molecule has 3 aromatic rings. The van der Waals surface area contributed by atoms with Crippen molar-refractivity contribution in [1.29, 1.82) is 0 Å². The summed E-state index contributed by atoms with van der Waals surface area (Å²) in [7, 11) is 2.96. The Morgan fingerprint density at radius 2 is 1.68 bits per heavy atom. The molecular weight excluding hydrogens is 496 g/mol. The van der Waals surface area contributed by atoms with E-state index < -0.39 is 5.97 Å². The molecule has 0 aliphatic carbocycles. The number of allylic oxidation sites excluding steroid dienone is 1. The fourth-order valence-electron chi connectivity index (χ4n) is 4.32. The lowest BCUT2D eigenvalue weighted by atomic mass is 10.0. The molecule has 6 nitrogen and oxygen atoms in total. The maximum absolute atomic E-state index is 13.6. The van der Waals surface area contributed by atoms with Crippen molar-refractivity contribution in [2.75, 3.05) is 19.1 Å². The zero-order valence-corrected chi connectivity index (χ0v) is 21.3. The molecule has 1 aliphatic heterocycles. The van der Waals surface area contributed by atoms with E-state index in [1.54, 1.807) is 25.0 Å². The predicted molar refractivity (Wildman–Crippen MR) is 136 cm³/mol. The number of ether oxygens (including phenoxy) is 2. The zero-order valence-electron chi connectivity index (χ0n) is 19.7. The van der Waals surface area contributed by atoms with Crippen molar-refractivity contribution >= 4 is 39.6 Å². The van der Waals surface area contributed by atoms with E-state index in [1.807, 2.05) is 68.4 Å². The molecule has 0 atom stereocenters. The maximum Gasteiger partial charge on any atom is 0.340 e. The van der Waals surface area contributed by atoms with Crippen molar-refractivity contribution in [3.8, 4) is 11.4 Å². The minimum absolute atomic E-state index is 0.265. The number of hydrogen-bond donors (Lipinski definition) is 0. The molecule has 0 N–H and O–H groups in total. The van der Waals surface area contributed by atoms with E-state index in [-0.39, 0.29) is 11.5 Å². The molecule has 1 amide bonds. The van der Waals surface area contributed by atoms with Gasteiger partial charge in [0.25, 0.3) is 5.91 Å². The molecule has 34 heavy (non-hydrogen) atoms. The van der Waals surface area contributed by atoms with Crippen LogP contribution in [-0.4, -0.2) is 30.7 Å². The van der Waals surface area contributed by atoms with Crippen LogP contribution in [0.2, 0.25) is 0 Å². The molecule has 1 aliphatic rings. The number of benzene rings is 2. The van der Waals surface area contributed by atoms with E-state index in [0.717, 1.165) is 32.9 Å². The van der Waals surface area contributed by atoms with Gasteiger partial charge < -0.3 is 14.0 Å². The van der Waals surface area contributed by atoms with Crippen LogP contribution in [0.3, 0.4) is 0 Å². The number of amides is 1. The van der Waals surface area contributed by atoms with E-state index in [0.29, 0.717) is 17.0 Å². The van der Waals surface area contributed by atoms with Crippen LogP contribution in [0.4, 0.5) is 5.69 Å². The van der Waals surface area contributed by atoms with E-state index >= 15 is 0 Å². The SMILES string of the molecule is COC(=O)C1=C(C)N(c2cccc(Br)c2)C(=O)/C1=C\c1cc(C)n(-c2ccc(OC)cc2)c1C. The number of rotatable bonds is 5. The predicted octanol–water partition coefficient (Wildman–Crippen LogP) is 5.74.